The van der Waals surface area contributed by atoms with Crippen molar-refractivity contribution in [2.45, 2.75) is 143 Å². The number of alkyl carbamates (subject to hydrolysis) is 3. The van der Waals surface area contributed by atoms with Crippen LogP contribution in [0, 0.1) is 0 Å². The number of ether oxygens (including phenoxy) is 5. The number of hydrogen-bond donors (Lipinski definition) is 8. The maximum Gasteiger partial charge on any atom is 0.407 e. The second-order valence-electron chi connectivity index (χ2n) is 22.8. The fourth-order valence-corrected chi connectivity index (χ4v) is 8.48. The van der Waals surface area contributed by atoms with Crippen LogP contribution in [0.5, 0.6) is 11.5 Å². The maximum absolute atomic E-state index is 15.2. The molecule has 0 saturated carbocycles. The summed E-state index contributed by atoms with van der Waals surface area (Å²) in [6.45, 7) is 18.5. The molecule has 7 amide bonds. The van der Waals surface area contributed by atoms with Crippen LogP contribution < -0.4 is 53.0 Å². The van der Waals surface area contributed by atoms with Crippen LogP contribution in [0.4, 0.5) is 14.4 Å². The van der Waals surface area contributed by atoms with Crippen molar-refractivity contribution in [3.63, 3.8) is 0 Å². The third-order valence-electron chi connectivity index (χ3n) is 12.4. The number of fused-ring (bicyclic) bond motifs is 5. The van der Waals surface area contributed by atoms with Gasteiger partial charge in [0.1, 0.15) is 65.5 Å². The number of unbranched alkanes of at least 4 members (excludes halogenated alkanes) is 1. The molecule has 0 aliphatic carbocycles. The van der Waals surface area contributed by atoms with E-state index in [9.17, 15) is 24.0 Å². The van der Waals surface area contributed by atoms with Gasteiger partial charge in [0.2, 0.25) is 17.7 Å². The Morgan fingerprint density at radius 2 is 1.21 bits per heavy atom. The highest BCUT2D eigenvalue weighted by Crippen LogP contribution is 2.40. The van der Waals surface area contributed by atoms with Crippen LogP contribution in [0.2, 0.25) is 0 Å². The van der Waals surface area contributed by atoms with Crippen molar-refractivity contribution in [1.82, 2.24) is 36.8 Å². The van der Waals surface area contributed by atoms with Crippen LogP contribution in [0.3, 0.4) is 0 Å². The Hall–Kier alpha value is -8.56. The molecule has 1 heterocycles. The first-order valence-corrected chi connectivity index (χ1v) is 27.4. The average molecular weight is 1140 g/mol. The summed E-state index contributed by atoms with van der Waals surface area (Å²) in [6, 6.07) is 19.7. The average Bonchev–Trinajstić information content (AvgIpc) is 3.61. The fraction of sp³-hybridized carbons (Fsp3) is 0.467. The minimum absolute atomic E-state index is 0.0106. The highest BCUT2D eigenvalue weighted by molar-refractivity contribution is 6.00. The molecule has 4 atom stereocenters. The van der Waals surface area contributed by atoms with E-state index in [1.807, 2.05) is 12.1 Å². The number of rotatable bonds is 19. The molecule has 0 radical (unpaired) electrons. The van der Waals surface area contributed by atoms with Gasteiger partial charge < -0.3 is 72.1 Å². The molecule has 1 aliphatic rings. The van der Waals surface area contributed by atoms with Crippen LogP contribution in [0.15, 0.2) is 90.0 Å². The molecule has 0 unspecified atom stereocenters. The van der Waals surface area contributed by atoms with Gasteiger partial charge in [0.05, 0.1) is 25.7 Å². The molecular weight excluding hydrogens is 1050 g/mol. The van der Waals surface area contributed by atoms with E-state index in [2.05, 4.69) is 56.1 Å². The van der Waals surface area contributed by atoms with Gasteiger partial charge in [0, 0.05) is 23.7 Å². The summed E-state index contributed by atoms with van der Waals surface area (Å²) in [5.74, 6) is 3.09. The number of amides is 7. The van der Waals surface area contributed by atoms with Gasteiger partial charge in [-0.3, -0.25) is 19.2 Å². The topological polar surface area (TPSA) is 305 Å². The van der Waals surface area contributed by atoms with Crippen molar-refractivity contribution >= 4 is 47.7 Å². The number of hydrogen-bond acceptors (Lipinski definition) is 14. The summed E-state index contributed by atoms with van der Waals surface area (Å²) >= 11 is 0. The normalized spacial score (nSPS) is 16.1. The van der Waals surface area contributed by atoms with E-state index >= 15 is 9.59 Å². The zero-order valence-electron chi connectivity index (χ0n) is 49.2. The number of nitrogens with one attached hydrogen (secondary N) is 6. The Morgan fingerprint density at radius 1 is 0.695 bits per heavy atom. The quantitative estimate of drug-likeness (QED) is 0.0120. The molecule has 444 valence electrons. The third-order valence-corrected chi connectivity index (χ3v) is 12.4. The van der Waals surface area contributed by atoms with Crippen LogP contribution in [0.1, 0.15) is 122 Å². The Labute approximate surface area is 480 Å². The van der Waals surface area contributed by atoms with Crippen molar-refractivity contribution < 1.29 is 57.2 Å². The van der Waals surface area contributed by atoms with E-state index in [0.29, 0.717) is 16.7 Å². The molecule has 0 aromatic heterocycles. The number of carbonyl (C=O) groups excluding carboxylic acids is 7. The van der Waals surface area contributed by atoms with E-state index in [4.69, 9.17) is 35.3 Å². The largest absolute Gasteiger partial charge is 0.491 e. The van der Waals surface area contributed by atoms with Gasteiger partial charge in [0.25, 0.3) is 5.91 Å². The van der Waals surface area contributed by atoms with Crippen molar-refractivity contribution in [2.75, 3.05) is 39.9 Å². The zero-order valence-corrected chi connectivity index (χ0v) is 49.2. The van der Waals surface area contributed by atoms with Crippen LogP contribution in [-0.4, -0.2) is 127 Å². The molecule has 4 bridgehead atoms. The first-order chi connectivity index (χ1) is 38.5. The Balaban J connectivity index is 1.61. The molecule has 4 aromatic carbocycles. The van der Waals surface area contributed by atoms with E-state index in [1.54, 1.807) is 123 Å². The van der Waals surface area contributed by atoms with Crippen molar-refractivity contribution in [1.29, 1.82) is 0 Å². The maximum atomic E-state index is 15.2. The molecule has 22 nitrogen and oxygen atoms in total. The summed E-state index contributed by atoms with van der Waals surface area (Å²) in [7, 11) is 1.35. The Kier molecular flexibility index (Phi) is 22.5. The van der Waals surface area contributed by atoms with E-state index in [-0.39, 0.29) is 61.2 Å². The number of nitrogens with two attached hydrogens (primary N) is 2. The number of nitrogens with zero attached hydrogens (tertiary/aromatic N) is 2. The third kappa shape index (κ3) is 19.9. The molecule has 5 rings (SSSR count). The minimum atomic E-state index is -1.56. The summed E-state index contributed by atoms with van der Waals surface area (Å²) in [6.07, 6.45) is 1.01. The second-order valence-corrected chi connectivity index (χ2v) is 22.8. The molecule has 22 heteroatoms. The molecule has 0 saturated heterocycles. The first kappa shape index (κ1) is 64.3. The number of aryl methyl sites for hydroxylation is 1. The first-order valence-electron chi connectivity index (χ1n) is 27.4. The zero-order chi connectivity index (χ0) is 60.5. The summed E-state index contributed by atoms with van der Waals surface area (Å²) in [4.78, 5) is 97.8. The number of carbonyl (C=O) groups is 7. The highest BCUT2D eigenvalue weighted by Gasteiger charge is 2.37. The monoisotopic (exact) mass is 1130 g/mol. The summed E-state index contributed by atoms with van der Waals surface area (Å²) in [5.41, 5.74) is 8.65. The van der Waals surface area contributed by atoms with E-state index < -0.39 is 89.4 Å². The highest BCUT2D eigenvalue weighted by atomic mass is 16.6. The van der Waals surface area contributed by atoms with E-state index in [1.165, 1.54) is 19.5 Å². The molecular formula is C60H82N10O12. The standard InChI is InChI=1S/C60H82N10O12/c1-13-14-15-37-16-19-39(20-17-37)40-21-23-41(24-22-40)52(72)68-46(35-65-57(77)82-60(9,10)11)54(74)70(12)49-42-25-27-48(79-31-29-64-56(76)81-59(6,7)8)44(34-42)43-32-38(18-26-47(43)78-30-28-63-55(75)80-58(3,4)5)33-45(50(61)69-62)67-51(71)36(2)66-53(49)73/h16-27,32,34,36,45-46,49H,13-15,28-31,33,35,62H2,1-12H3,(H2,61,69)(H,63,75)(H,64,76)(H,65,77)(H,66,73)(H,67,71)(H,68,72)/t36-,45-,46-,49-/m0/s1. The molecule has 4 aromatic rings. The second kappa shape index (κ2) is 28.7. The van der Waals surface area contributed by atoms with Crippen molar-refractivity contribution in [3.8, 4) is 33.8 Å². The lowest BCUT2D eigenvalue weighted by atomic mass is 9.93. The van der Waals surface area contributed by atoms with Gasteiger partial charge in [-0.25, -0.2) is 14.4 Å². The SMILES string of the molecule is CCCCc1ccc(-c2ccc(C(=O)N[C@@H](CNC(=O)OC(C)(C)C)C(=O)N(C)[C@@H]3C(=O)N[C@@H](C)C(=O)N[C@H](C(N)=NN)Cc4ccc(OCCNC(=O)OC(C)(C)C)c(c4)-c4cc3ccc4OCCNC(=O)OC(C)(C)C)cc2)cc1. The van der Waals surface area contributed by atoms with Crippen LogP contribution >= 0.6 is 0 Å². The lowest BCUT2D eigenvalue weighted by molar-refractivity contribution is -0.141. The van der Waals surface area contributed by atoms with Gasteiger partial charge in [-0.15, -0.1) is 0 Å². The Bertz CT molecular complexity index is 2910. The minimum Gasteiger partial charge on any atom is -0.491 e. The number of amidine groups is 1. The lowest BCUT2D eigenvalue weighted by Crippen LogP contribution is -2.57. The number of likely N-dealkylation sites (N-methyl/N-ethyl adjacent to an activating group) is 1. The van der Waals surface area contributed by atoms with Gasteiger partial charge in [-0.1, -0.05) is 61.9 Å². The fourth-order valence-electron chi connectivity index (χ4n) is 8.48. The van der Waals surface area contributed by atoms with Gasteiger partial charge >= 0.3 is 18.3 Å². The molecule has 10 N–H and O–H groups in total. The predicted molar refractivity (Wildman–Crippen MR) is 312 cm³/mol. The summed E-state index contributed by atoms with van der Waals surface area (Å²) in [5, 5.41) is 20.0. The van der Waals surface area contributed by atoms with Gasteiger partial charge in [-0.05, 0) is 153 Å². The van der Waals surface area contributed by atoms with E-state index in [0.717, 1.165) is 35.3 Å². The van der Waals surface area contributed by atoms with Crippen molar-refractivity contribution in [2.24, 2.45) is 16.7 Å². The lowest BCUT2D eigenvalue weighted by Gasteiger charge is -2.33. The van der Waals surface area contributed by atoms with Gasteiger partial charge in [-0.2, -0.15) is 5.10 Å². The molecule has 0 fully saturated rings. The van der Waals surface area contributed by atoms with Crippen LogP contribution in [0.25, 0.3) is 22.3 Å². The molecule has 82 heavy (non-hydrogen) atoms. The van der Waals surface area contributed by atoms with Crippen LogP contribution in [-0.2, 0) is 41.4 Å². The predicted octanol–water partition coefficient (Wildman–Crippen LogP) is 6.77. The smallest absolute Gasteiger partial charge is 0.407 e. The summed E-state index contributed by atoms with van der Waals surface area (Å²) < 4.78 is 29.0. The molecule has 1 aliphatic heterocycles. The van der Waals surface area contributed by atoms with Crippen molar-refractivity contribution in [3.05, 3.63) is 107 Å². The molecule has 0 spiro atoms. The number of benzene rings is 4. The number of hydrazone groups is 1. The Morgan fingerprint density at radius 3 is 1.73 bits per heavy atom. The van der Waals surface area contributed by atoms with Gasteiger partial charge in [0.15, 0.2) is 0 Å².